The molecule has 1 N–H and O–H groups in total. The molecule has 0 aromatic heterocycles. The Bertz CT molecular complexity index is 274. The molecule has 1 fully saturated rings. The predicted octanol–water partition coefficient (Wildman–Crippen LogP) is 1.54. The molecule has 3 unspecified atom stereocenters. The van der Waals surface area contributed by atoms with E-state index in [9.17, 15) is 9.18 Å². The Morgan fingerprint density at radius 2 is 2.43 bits per heavy atom. The summed E-state index contributed by atoms with van der Waals surface area (Å²) >= 11 is 0. The summed E-state index contributed by atoms with van der Waals surface area (Å²) in [5, 5.41) is 11.2. The van der Waals surface area contributed by atoms with Gasteiger partial charge < -0.3 is 5.32 Å². The van der Waals surface area contributed by atoms with Crippen LogP contribution in [-0.2, 0) is 4.79 Å². The first-order valence-corrected chi connectivity index (χ1v) is 4.86. The van der Waals surface area contributed by atoms with Gasteiger partial charge in [0.2, 0.25) is 5.91 Å². The fraction of sp³-hybridized carbons (Fsp3) is 0.800. The second-order valence-corrected chi connectivity index (χ2v) is 4.03. The molecular weight excluding hydrogens is 183 g/mol. The van der Waals surface area contributed by atoms with Crippen LogP contribution in [0.1, 0.15) is 33.1 Å². The van der Waals surface area contributed by atoms with E-state index in [1.165, 1.54) is 0 Å². The normalized spacial score (nSPS) is 31.7. The predicted molar refractivity (Wildman–Crippen MR) is 50.1 cm³/mol. The molecule has 1 saturated carbocycles. The molecule has 3 nitrogen and oxygen atoms in total. The van der Waals surface area contributed by atoms with E-state index >= 15 is 0 Å². The molecule has 0 bridgehead atoms. The van der Waals surface area contributed by atoms with Crippen molar-refractivity contribution < 1.29 is 9.18 Å². The summed E-state index contributed by atoms with van der Waals surface area (Å²) in [4.78, 5) is 11.5. The van der Waals surface area contributed by atoms with Gasteiger partial charge in [0.25, 0.3) is 0 Å². The van der Waals surface area contributed by atoms with Gasteiger partial charge in [-0.25, -0.2) is 4.39 Å². The summed E-state index contributed by atoms with van der Waals surface area (Å²) in [6.45, 7) is 3.51. The zero-order valence-corrected chi connectivity index (χ0v) is 8.51. The highest BCUT2D eigenvalue weighted by Crippen LogP contribution is 2.48. The first kappa shape index (κ1) is 11.0. The molecule has 1 amide bonds. The molecule has 1 rings (SSSR count). The van der Waals surface area contributed by atoms with Crippen LogP contribution in [0.3, 0.4) is 0 Å². The van der Waals surface area contributed by atoms with Crippen LogP contribution >= 0.6 is 0 Å². The fourth-order valence-corrected chi connectivity index (χ4v) is 1.31. The number of hydrogen-bond donors (Lipinski definition) is 1. The zero-order chi connectivity index (χ0) is 10.8. The van der Waals surface area contributed by atoms with E-state index in [2.05, 4.69) is 5.32 Å². The second kappa shape index (κ2) is 3.95. The van der Waals surface area contributed by atoms with Crippen molar-refractivity contribution in [2.45, 2.75) is 45.3 Å². The highest BCUT2D eigenvalue weighted by Gasteiger charge is 2.57. The summed E-state index contributed by atoms with van der Waals surface area (Å²) < 4.78 is 12.8. The Hall–Kier alpha value is -1.11. The minimum Gasteiger partial charge on any atom is -0.352 e. The smallest absolute Gasteiger partial charge is 0.229 e. The van der Waals surface area contributed by atoms with E-state index in [-0.39, 0.29) is 18.4 Å². The largest absolute Gasteiger partial charge is 0.352 e. The van der Waals surface area contributed by atoms with Gasteiger partial charge in [0.15, 0.2) is 0 Å². The first-order chi connectivity index (χ1) is 6.54. The zero-order valence-electron chi connectivity index (χ0n) is 8.51. The van der Waals surface area contributed by atoms with E-state index in [0.717, 1.165) is 0 Å². The quantitative estimate of drug-likeness (QED) is 0.745. The number of nitrogens with zero attached hydrogens (tertiary/aromatic N) is 1. The molecule has 0 spiro atoms. The summed E-state index contributed by atoms with van der Waals surface area (Å²) in [5.74, 6) is -0.257. The number of carbonyl (C=O) groups is 1. The number of nitriles is 1. The third-order valence-electron chi connectivity index (χ3n) is 2.82. The SMILES string of the molecule is CCC(CC#N)NC(=O)C1(C)CC1F. The maximum atomic E-state index is 12.8. The Kier molecular flexibility index (Phi) is 3.10. The average molecular weight is 198 g/mol. The van der Waals surface area contributed by atoms with Gasteiger partial charge >= 0.3 is 0 Å². The molecule has 78 valence electrons. The van der Waals surface area contributed by atoms with Gasteiger partial charge in [-0.05, 0) is 19.8 Å². The van der Waals surface area contributed by atoms with Gasteiger partial charge in [0.1, 0.15) is 6.17 Å². The lowest BCUT2D eigenvalue weighted by Gasteiger charge is -2.16. The lowest BCUT2D eigenvalue weighted by atomic mass is 10.1. The van der Waals surface area contributed by atoms with Crippen molar-refractivity contribution in [1.29, 1.82) is 5.26 Å². The lowest BCUT2D eigenvalue weighted by Crippen LogP contribution is -2.39. The molecule has 0 aromatic carbocycles. The molecule has 14 heavy (non-hydrogen) atoms. The fourth-order valence-electron chi connectivity index (χ4n) is 1.31. The number of rotatable bonds is 4. The lowest BCUT2D eigenvalue weighted by molar-refractivity contribution is -0.127. The molecule has 1 aliphatic carbocycles. The standard InChI is InChI=1S/C10H15FN2O/c1-3-7(4-5-12)13-9(14)10(2)6-8(10)11/h7-8H,3-4,6H2,1-2H3,(H,13,14). The molecule has 0 aromatic rings. The number of amides is 1. The van der Waals surface area contributed by atoms with E-state index in [0.29, 0.717) is 12.8 Å². The van der Waals surface area contributed by atoms with Crippen molar-refractivity contribution in [1.82, 2.24) is 5.32 Å². The monoisotopic (exact) mass is 198 g/mol. The molecule has 0 aliphatic heterocycles. The Morgan fingerprint density at radius 1 is 1.86 bits per heavy atom. The number of nitrogens with one attached hydrogen (secondary N) is 1. The molecule has 0 radical (unpaired) electrons. The minimum absolute atomic E-state index is 0.142. The highest BCUT2D eigenvalue weighted by molar-refractivity contribution is 5.86. The highest BCUT2D eigenvalue weighted by atomic mass is 19.1. The van der Waals surface area contributed by atoms with Crippen LogP contribution in [0.25, 0.3) is 0 Å². The molecule has 0 heterocycles. The van der Waals surface area contributed by atoms with Crippen molar-refractivity contribution >= 4 is 5.91 Å². The number of hydrogen-bond acceptors (Lipinski definition) is 2. The van der Waals surface area contributed by atoms with E-state index in [1.807, 2.05) is 13.0 Å². The van der Waals surface area contributed by atoms with Gasteiger partial charge in [-0.15, -0.1) is 0 Å². The number of carbonyl (C=O) groups excluding carboxylic acids is 1. The molecular formula is C10H15FN2O. The maximum Gasteiger partial charge on any atom is 0.229 e. The van der Waals surface area contributed by atoms with Crippen LogP contribution in [0.15, 0.2) is 0 Å². The average Bonchev–Trinajstić information content (AvgIpc) is 2.75. The van der Waals surface area contributed by atoms with Crippen molar-refractivity contribution in [3.05, 3.63) is 0 Å². The van der Waals surface area contributed by atoms with Crippen molar-refractivity contribution in [3.8, 4) is 6.07 Å². The van der Waals surface area contributed by atoms with Crippen molar-refractivity contribution in [2.24, 2.45) is 5.41 Å². The maximum absolute atomic E-state index is 12.8. The second-order valence-electron chi connectivity index (χ2n) is 4.03. The Labute approximate surface area is 83.3 Å². The van der Waals surface area contributed by atoms with Crippen LogP contribution < -0.4 is 5.32 Å². The summed E-state index contributed by atoms with van der Waals surface area (Å²) in [5.41, 5.74) is -0.830. The van der Waals surface area contributed by atoms with Crippen LogP contribution in [0.2, 0.25) is 0 Å². The van der Waals surface area contributed by atoms with Crippen LogP contribution in [0.5, 0.6) is 0 Å². The van der Waals surface area contributed by atoms with E-state index in [4.69, 9.17) is 5.26 Å². The van der Waals surface area contributed by atoms with Gasteiger partial charge in [-0.2, -0.15) is 5.26 Å². The van der Waals surface area contributed by atoms with Gasteiger partial charge in [-0.3, -0.25) is 4.79 Å². The topological polar surface area (TPSA) is 52.9 Å². The number of alkyl halides is 1. The summed E-state index contributed by atoms with van der Waals surface area (Å²) in [7, 11) is 0. The van der Waals surface area contributed by atoms with E-state index < -0.39 is 11.6 Å². The van der Waals surface area contributed by atoms with Crippen LogP contribution in [0.4, 0.5) is 4.39 Å². The number of halogens is 1. The molecule has 0 saturated heterocycles. The first-order valence-electron chi connectivity index (χ1n) is 4.86. The third kappa shape index (κ3) is 2.03. The summed E-state index contributed by atoms with van der Waals surface area (Å²) in [6.07, 6.45) is 0.283. The Morgan fingerprint density at radius 3 is 2.79 bits per heavy atom. The molecule has 4 heteroatoms. The summed E-state index contributed by atoms with van der Waals surface area (Å²) in [6, 6.07) is 1.86. The Balaban J connectivity index is 2.44. The van der Waals surface area contributed by atoms with Crippen molar-refractivity contribution in [3.63, 3.8) is 0 Å². The molecule has 1 aliphatic rings. The molecule has 3 atom stereocenters. The minimum atomic E-state index is -1.01. The van der Waals surface area contributed by atoms with Gasteiger partial charge in [0, 0.05) is 6.04 Å². The van der Waals surface area contributed by atoms with E-state index in [1.54, 1.807) is 6.92 Å². The van der Waals surface area contributed by atoms with Crippen LogP contribution in [0, 0.1) is 16.7 Å². The third-order valence-corrected chi connectivity index (χ3v) is 2.82. The van der Waals surface area contributed by atoms with Crippen LogP contribution in [-0.4, -0.2) is 18.1 Å². The van der Waals surface area contributed by atoms with Crippen molar-refractivity contribution in [2.75, 3.05) is 0 Å². The van der Waals surface area contributed by atoms with Gasteiger partial charge in [-0.1, -0.05) is 6.92 Å². The van der Waals surface area contributed by atoms with Gasteiger partial charge in [0.05, 0.1) is 17.9 Å².